The number of nitrogens with one attached hydrogen (secondary N) is 1. The maximum Gasteiger partial charge on any atom is 0.322 e. The molecule has 0 saturated heterocycles. The molecule has 0 heterocycles. The van der Waals surface area contributed by atoms with Crippen molar-refractivity contribution >= 4 is 11.9 Å². The number of rotatable bonds is 5. The number of nitrogens with two attached hydrogens (primary N) is 1. The fourth-order valence-electron chi connectivity index (χ4n) is 0.793. The van der Waals surface area contributed by atoms with Crippen molar-refractivity contribution in [2.45, 2.75) is 26.3 Å². The fraction of sp³-hybridized carbons (Fsp3) is 0.750. The highest BCUT2D eigenvalue weighted by atomic mass is 16.4. The Kier molecular flexibility index (Phi) is 5.06. The van der Waals surface area contributed by atoms with Crippen molar-refractivity contribution in [2.75, 3.05) is 6.54 Å². The fourth-order valence-corrected chi connectivity index (χ4v) is 0.793. The van der Waals surface area contributed by atoms with E-state index >= 15 is 0 Å². The highest BCUT2D eigenvalue weighted by Crippen LogP contribution is 2.04. The summed E-state index contributed by atoms with van der Waals surface area (Å²) in [5, 5.41) is 10.5. The summed E-state index contributed by atoms with van der Waals surface area (Å²) in [5.74, 6) is -1.41. The standard InChI is InChI=1S/C8H16N2O3/c1-3-5(2)7(9)8(13)10-4-6(11)12/h5,7H,3-4,9H2,1-2H3,(H,10,13)(H,11,12)/t5-,7+/m1/s1. The minimum Gasteiger partial charge on any atom is -0.480 e. The first-order valence-electron chi connectivity index (χ1n) is 4.24. The zero-order valence-corrected chi connectivity index (χ0v) is 7.91. The van der Waals surface area contributed by atoms with Crippen LogP contribution in [0.5, 0.6) is 0 Å². The van der Waals surface area contributed by atoms with Gasteiger partial charge in [-0.05, 0) is 5.92 Å². The van der Waals surface area contributed by atoms with E-state index in [-0.39, 0.29) is 12.5 Å². The summed E-state index contributed by atoms with van der Waals surface area (Å²) in [6, 6.07) is -0.621. The number of carboxylic acid groups (broad SMARTS) is 1. The minimum atomic E-state index is -1.07. The molecule has 0 aromatic rings. The molecule has 13 heavy (non-hydrogen) atoms. The van der Waals surface area contributed by atoms with Gasteiger partial charge >= 0.3 is 5.97 Å². The van der Waals surface area contributed by atoms with Gasteiger partial charge in [0.1, 0.15) is 6.54 Å². The topological polar surface area (TPSA) is 92.4 Å². The van der Waals surface area contributed by atoms with Crippen LogP contribution >= 0.6 is 0 Å². The predicted octanol–water partition coefficient (Wildman–Crippen LogP) is -0.439. The summed E-state index contributed by atoms with van der Waals surface area (Å²) in [5.41, 5.74) is 5.55. The number of carbonyl (C=O) groups excluding carboxylic acids is 1. The van der Waals surface area contributed by atoms with Gasteiger partial charge < -0.3 is 16.2 Å². The van der Waals surface area contributed by atoms with E-state index in [1.807, 2.05) is 13.8 Å². The van der Waals surface area contributed by atoms with E-state index in [0.717, 1.165) is 6.42 Å². The predicted molar refractivity (Wildman–Crippen MR) is 48.1 cm³/mol. The Morgan fingerprint density at radius 2 is 2.08 bits per heavy atom. The molecule has 5 heteroatoms. The van der Waals surface area contributed by atoms with Gasteiger partial charge in [-0.25, -0.2) is 0 Å². The van der Waals surface area contributed by atoms with E-state index in [1.165, 1.54) is 0 Å². The van der Waals surface area contributed by atoms with Crippen LogP contribution in [0, 0.1) is 5.92 Å². The Morgan fingerprint density at radius 3 is 2.46 bits per heavy atom. The molecule has 0 saturated carbocycles. The third-order valence-corrected chi connectivity index (χ3v) is 1.97. The van der Waals surface area contributed by atoms with Crippen molar-refractivity contribution in [1.29, 1.82) is 0 Å². The summed E-state index contributed by atoms with van der Waals surface area (Å²) >= 11 is 0. The molecule has 0 spiro atoms. The molecule has 76 valence electrons. The number of hydrogen-bond acceptors (Lipinski definition) is 3. The van der Waals surface area contributed by atoms with E-state index in [1.54, 1.807) is 0 Å². The van der Waals surface area contributed by atoms with Crippen molar-refractivity contribution < 1.29 is 14.7 Å². The molecule has 0 rings (SSSR count). The van der Waals surface area contributed by atoms with Gasteiger partial charge in [0.25, 0.3) is 0 Å². The Morgan fingerprint density at radius 1 is 1.54 bits per heavy atom. The largest absolute Gasteiger partial charge is 0.480 e. The smallest absolute Gasteiger partial charge is 0.322 e. The summed E-state index contributed by atoms with van der Waals surface area (Å²) in [6.07, 6.45) is 0.793. The lowest BCUT2D eigenvalue weighted by Crippen LogP contribution is -2.46. The molecular weight excluding hydrogens is 172 g/mol. The zero-order valence-electron chi connectivity index (χ0n) is 7.91. The van der Waals surface area contributed by atoms with Crippen LogP contribution < -0.4 is 11.1 Å². The van der Waals surface area contributed by atoms with Crippen molar-refractivity contribution in [2.24, 2.45) is 11.7 Å². The average Bonchev–Trinajstić information content (AvgIpc) is 2.11. The van der Waals surface area contributed by atoms with Crippen LogP contribution in [0.2, 0.25) is 0 Å². The minimum absolute atomic E-state index is 0.0637. The monoisotopic (exact) mass is 188 g/mol. The van der Waals surface area contributed by atoms with E-state index in [4.69, 9.17) is 10.8 Å². The Balaban J connectivity index is 3.89. The molecule has 0 radical (unpaired) electrons. The number of carboxylic acids is 1. The third kappa shape index (κ3) is 4.47. The lowest BCUT2D eigenvalue weighted by molar-refractivity contribution is -0.138. The first-order chi connectivity index (χ1) is 5.99. The zero-order chi connectivity index (χ0) is 10.4. The van der Waals surface area contributed by atoms with Crippen LogP contribution in [0.4, 0.5) is 0 Å². The van der Waals surface area contributed by atoms with E-state index in [0.29, 0.717) is 0 Å². The van der Waals surface area contributed by atoms with Gasteiger partial charge in [0.2, 0.25) is 5.91 Å². The van der Waals surface area contributed by atoms with Gasteiger partial charge in [-0.1, -0.05) is 20.3 Å². The van der Waals surface area contributed by atoms with Crippen LogP contribution in [-0.4, -0.2) is 29.6 Å². The van der Waals surface area contributed by atoms with E-state index in [9.17, 15) is 9.59 Å². The SMILES string of the molecule is CC[C@@H](C)[C@H](N)C(=O)NCC(=O)O. The average molecular weight is 188 g/mol. The maximum atomic E-state index is 11.1. The first-order valence-corrected chi connectivity index (χ1v) is 4.24. The van der Waals surface area contributed by atoms with Gasteiger partial charge in [-0.3, -0.25) is 9.59 Å². The highest BCUT2D eigenvalue weighted by molar-refractivity contribution is 5.85. The molecule has 0 unspecified atom stereocenters. The van der Waals surface area contributed by atoms with Crippen LogP contribution in [0.25, 0.3) is 0 Å². The Bertz CT molecular complexity index is 194. The van der Waals surface area contributed by atoms with E-state index in [2.05, 4.69) is 5.32 Å². The third-order valence-electron chi connectivity index (χ3n) is 1.97. The number of amides is 1. The molecule has 4 N–H and O–H groups in total. The molecule has 0 aromatic carbocycles. The molecule has 0 fully saturated rings. The van der Waals surface area contributed by atoms with Gasteiger partial charge in [0.15, 0.2) is 0 Å². The molecular formula is C8H16N2O3. The number of aliphatic carboxylic acids is 1. The van der Waals surface area contributed by atoms with Crippen LogP contribution in [0.3, 0.4) is 0 Å². The second-order valence-electron chi connectivity index (χ2n) is 3.02. The molecule has 0 bridgehead atoms. The van der Waals surface area contributed by atoms with Crippen molar-refractivity contribution in [3.05, 3.63) is 0 Å². The summed E-state index contributed by atoms with van der Waals surface area (Å²) < 4.78 is 0. The normalized spacial score (nSPS) is 14.7. The quantitative estimate of drug-likeness (QED) is 0.545. The number of hydrogen-bond donors (Lipinski definition) is 3. The Hall–Kier alpha value is -1.10. The van der Waals surface area contributed by atoms with Gasteiger partial charge in [0.05, 0.1) is 6.04 Å². The molecule has 1 amide bonds. The second kappa shape index (κ2) is 5.53. The van der Waals surface area contributed by atoms with Crippen LogP contribution in [0.15, 0.2) is 0 Å². The molecule has 0 aromatic heterocycles. The van der Waals surface area contributed by atoms with Crippen LogP contribution in [0.1, 0.15) is 20.3 Å². The summed E-state index contributed by atoms with van der Waals surface area (Å²) in [7, 11) is 0. The second-order valence-corrected chi connectivity index (χ2v) is 3.02. The van der Waals surface area contributed by atoms with Crippen molar-refractivity contribution in [3.8, 4) is 0 Å². The van der Waals surface area contributed by atoms with E-state index < -0.39 is 17.9 Å². The lowest BCUT2D eigenvalue weighted by atomic mass is 9.99. The van der Waals surface area contributed by atoms with Gasteiger partial charge in [0, 0.05) is 0 Å². The molecule has 2 atom stereocenters. The maximum absolute atomic E-state index is 11.1. The van der Waals surface area contributed by atoms with Crippen molar-refractivity contribution in [3.63, 3.8) is 0 Å². The first kappa shape index (κ1) is 11.9. The lowest BCUT2D eigenvalue weighted by Gasteiger charge is -2.16. The van der Waals surface area contributed by atoms with Crippen molar-refractivity contribution in [1.82, 2.24) is 5.32 Å². The van der Waals surface area contributed by atoms with Crippen LogP contribution in [-0.2, 0) is 9.59 Å². The Labute approximate surface area is 77.3 Å². The molecule has 0 aliphatic heterocycles. The molecule has 5 nitrogen and oxygen atoms in total. The molecule has 0 aliphatic carbocycles. The van der Waals surface area contributed by atoms with Gasteiger partial charge in [-0.15, -0.1) is 0 Å². The summed E-state index contributed by atoms with van der Waals surface area (Å²) in [6.45, 7) is 3.41. The molecule has 0 aliphatic rings. The highest BCUT2D eigenvalue weighted by Gasteiger charge is 2.19. The number of carbonyl (C=O) groups is 2. The summed E-state index contributed by atoms with van der Waals surface area (Å²) in [4.78, 5) is 21.3. The van der Waals surface area contributed by atoms with Gasteiger partial charge in [-0.2, -0.15) is 0 Å².